The monoisotopic (exact) mass is 395 g/mol. The standard InChI is InChI=1S/C23H25NO3S/c1-18-13-15-22(16-14-18)28(26,27)24(17-20-9-5-3-6-10-20)19(2)23(25)21-11-7-4-8-12-21/h3-16,19,23,25H,17H2,1-2H3/t19-,23-/m0/s1. The largest absolute Gasteiger partial charge is 0.387 e. The van der Waals surface area contributed by atoms with Crippen LogP contribution in [0.3, 0.4) is 0 Å². The summed E-state index contributed by atoms with van der Waals surface area (Å²) in [6.45, 7) is 3.84. The number of hydrogen-bond donors (Lipinski definition) is 1. The molecule has 0 aliphatic heterocycles. The highest BCUT2D eigenvalue weighted by Gasteiger charge is 2.33. The zero-order chi connectivity index (χ0) is 20.1. The molecule has 2 atom stereocenters. The van der Waals surface area contributed by atoms with E-state index in [1.807, 2.05) is 55.5 Å². The molecule has 3 aromatic rings. The summed E-state index contributed by atoms with van der Waals surface area (Å²) in [4.78, 5) is 0.223. The summed E-state index contributed by atoms with van der Waals surface area (Å²) < 4.78 is 28.3. The lowest BCUT2D eigenvalue weighted by molar-refractivity contribution is 0.0960. The summed E-state index contributed by atoms with van der Waals surface area (Å²) in [5.41, 5.74) is 2.54. The minimum absolute atomic E-state index is 0.183. The van der Waals surface area contributed by atoms with Gasteiger partial charge in [-0.15, -0.1) is 0 Å². The summed E-state index contributed by atoms with van der Waals surface area (Å²) in [5.74, 6) is 0. The average molecular weight is 396 g/mol. The highest BCUT2D eigenvalue weighted by molar-refractivity contribution is 7.89. The zero-order valence-corrected chi connectivity index (χ0v) is 16.9. The zero-order valence-electron chi connectivity index (χ0n) is 16.1. The molecule has 0 heterocycles. The van der Waals surface area contributed by atoms with Crippen LogP contribution >= 0.6 is 0 Å². The fraction of sp³-hybridized carbons (Fsp3) is 0.217. The molecule has 0 amide bonds. The second-order valence-corrected chi connectivity index (χ2v) is 8.84. The number of aryl methyl sites for hydroxylation is 1. The van der Waals surface area contributed by atoms with Crippen molar-refractivity contribution in [1.82, 2.24) is 4.31 Å². The minimum Gasteiger partial charge on any atom is -0.387 e. The van der Waals surface area contributed by atoms with E-state index in [1.165, 1.54) is 4.31 Å². The summed E-state index contributed by atoms with van der Waals surface area (Å²) in [7, 11) is -3.79. The number of nitrogens with zero attached hydrogens (tertiary/aromatic N) is 1. The van der Waals surface area contributed by atoms with E-state index in [2.05, 4.69) is 0 Å². The summed E-state index contributed by atoms with van der Waals surface area (Å²) in [6, 6.07) is 24.7. The Morgan fingerprint density at radius 2 is 1.39 bits per heavy atom. The summed E-state index contributed by atoms with van der Waals surface area (Å²) >= 11 is 0. The third-order valence-corrected chi connectivity index (χ3v) is 6.81. The van der Waals surface area contributed by atoms with Gasteiger partial charge in [-0.25, -0.2) is 8.42 Å². The van der Waals surface area contributed by atoms with Crippen LogP contribution in [-0.2, 0) is 16.6 Å². The van der Waals surface area contributed by atoms with Crippen molar-refractivity contribution in [3.63, 3.8) is 0 Å². The Morgan fingerprint density at radius 1 is 0.857 bits per heavy atom. The summed E-state index contributed by atoms with van der Waals surface area (Å²) in [6.07, 6.45) is -0.940. The van der Waals surface area contributed by atoms with Gasteiger partial charge < -0.3 is 5.11 Å². The normalized spacial score (nSPS) is 14.0. The van der Waals surface area contributed by atoms with E-state index in [-0.39, 0.29) is 11.4 Å². The van der Waals surface area contributed by atoms with Gasteiger partial charge in [0.05, 0.1) is 17.0 Å². The van der Waals surface area contributed by atoms with Crippen molar-refractivity contribution in [2.24, 2.45) is 0 Å². The van der Waals surface area contributed by atoms with E-state index in [0.717, 1.165) is 11.1 Å². The highest BCUT2D eigenvalue weighted by atomic mass is 32.2. The van der Waals surface area contributed by atoms with Crippen LogP contribution in [0.5, 0.6) is 0 Å². The van der Waals surface area contributed by atoms with Crippen molar-refractivity contribution in [1.29, 1.82) is 0 Å². The first-order valence-corrected chi connectivity index (χ1v) is 10.7. The topological polar surface area (TPSA) is 57.6 Å². The van der Waals surface area contributed by atoms with Crippen molar-refractivity contribution in [2.45, 2.75) is 37.4 Å². The Balaban J connectivity index is 2.00. The number of benzene rings is 3. The fourth-order valence-corrected chi connectivity index (χ4v) is 4.77. The minimum atomic E-state index is -3.79. The van der Waals surface area contributed by atoms with Gasteiger partial charge in [-0.05, 0) is 37.1 Å². The second kappa shape index (κ2) is 8.69. The Hall–Kier alpha value is -2.47. The van der Waals surface area contributed by atoms with Gasteiger partial charge in [-0.3, -0.25) is 0 Å². The van der Waals surface area contributed by atoms with E-state index in [9.17, 15) is 13.5 Å². The van der Waals surface area contributed by atoms with Crippen LogP contribution in [-0.4, -0.2) is 23.9 Å². The van der Waals surface area contributed by atoms with Gasteiger partial charge in [-0.2, -0.15) is 4.31 Å². The molecule has 0 spiro atoms. The Morgan fingerprint density at radius 3 is 1.96 bits per heavy atom. The third kappa shape index (κ3) is 4.50. The van der Waals surface area contributed by atoms with Gasteiger partial charge >= 0.3 is 0 Å². The van der Waals surface area contributed by atoms with E-state index in [1.54, 1.807) is 43.3 Å². The van der Waals surface area contributed by atoms with Crippen LogP contribution < -0.4 is 0 Å². The molecular formula is C23H25NO3S. The highest BCUT2D eigenvalue weighted by Crippen LogP contribution is 2.28. The summed E-state index contributed by atoms with van der Waals surface area (Å²) in [5, 5.41) is 10.9. The molecule has 0 bridgehead atoms. The molecule has 5 heteroatoms. The van der Waals surface area contributed by atoms with E-state index >= 15 is 0 Å². The van der Waals surface area contributed by atoms with Gasteiger partial charge in [0.25, 0.3) is 0 Å². The molecule has 3 aromatic carbocycles. The molecule has 0 saturated heterocycles. The van der Waals surface area contributed by atoms with Crippen LogP contribution in [0.1, 0.15) is 29.7 Å². The van der Waals surface area contributed by atoms with Crippen molar-refractivity contribution < 1.29 is 13.5 Å². The molecule has 146 valence electrons. The van der Waals surface area contributed by atoms with Crippen LogP contribution in [0.25, 0.3) is 0 Å². The van der Waals surface area contributed by atoms with Crippen molar-refractivity contribution in [2.75, 3.05) is 0 Å². The molecule has 0 fully saturated rings. The molecule has 3 rings (SSSR count). The quantitative estimate of drug-likeness (QED) is 0.649. The lowest BCUT2D eigenvalue weighted by Gasteiger charge is -2.32. The van der Waals surface area contributed by atoms with Crippen LogP contribution in [0, 0.1) is 6.92 Å². The molecule has 4 nitrogen and oxygen atoms in total. The Bertz CT molecular complexity index is 987. The number of hydrogen-bond acceptors (Lipinski definition) is 3. The predicted molar refractivity (Wildman–Crippen MR) is 111 cm³/mol. The SMILES string of the molecule is Cc1ccc(S(=O)(=O)N(Cc2ccccc2)[C@@H](C)[C@H](O)c2ccccc2)cc1. The van der Waals surface area contributed by atoms with E-state index < -0.39 is 22.2 Å². The maximum Gasteiger partial charge on any atom is 0.243 e. The number of rotatable bonds is 7. The van der Waals surface area contributed by atoms with Gasteiger partial charge in [-0.1, -0.05) is 78.4 Å². The van der Waals surface area contributed by atoms with Gasteiger partial charge in [0.2, 0.25) is 10.0 Å². The number of aliphatic hydroxyl groups is 1. The third-order valence-electron chi connectivity index (χ3n) is 4.86. The predicted octanol–water partition coefficient (Wildman–Crippen LogP) is 4.31. The van der Waals surface area contributed by atoms with Crippen LogP contribution in [0.2, 0.25) is 0 Å². The molecule has 28 heavy (non-hydrogen) atoms. The first-order chi connectivity index (χ1) is 13.4. The van der Waals surface area contributed by atoms with Crippen LogP contribution in [0.15, 0.2) is 89.8 Å². The Kier molecular flexibility index (Phi) is 6.29. The van der Waals surface area contributed by atoms with E-state index in [4.69, 9.17) is 0 Å². The second-order valence-electron chi connectivity index (χ2n) is 6.95. The molecule has 0 saturated carbocycles. The van der Waals surface area contributed by atoms with Crippen molar-refractivity contribution >= 4 is 10.0 Å². The molecule has 0 unspecified atom stereocenters. The first kappa shape index (κ1) is 20.3. The smallest absolute Gasteiger partial charge is 0.243 e. The first-order valence-electron chi connectivity index (χ1n) is 9.25. The maximum atomic E-state index is 13.4. The Labute approximate surface area is 167 Å². The van der Waals surface area contributed by atoms with Crippen LogP contribution in [0.4, 0.5) is 0 Å². The van der Waals surface area contributed by atoms with Gasteiger partial charge in [0, 0.05) is 6.54 Å². The lowest BCUT2D eigenvalue weighted by Crippen LogP contribution is -2.41. The average Bonchev–Trinajstić information content (AvgIpc) is 2.72. The molecule has 0 aromatic heterocycles. The van der Waals surface area contributed by atoms with Crippen molar-refractivity contribution in [3.8, 4) is 0 Å². The molecule has 1 N–H and O–H groups in total. The van der Waals surface area contributed by atoms with Crippen molar-refractivity contribution in [3.05, 3.63) is 102 Å². The molecule has 0 aliphatic rings. The van der Waals surface area contributed by atoms with E-state index in [0.29, 0.717) is 5.56 Å². The number of sulfonamides is 1. The fourth-order valence-electron chi connectivity index (χ4n) is 3.14. The maximum absolute atomic E-state index is 13.4. The van der Waals surface area contributed by atoms with Gasteiger partial charge in [0.1, 0.15) is 0 Å². The molecular weight excluding hydrogens is 370 g/mol. The number of aliphatic hydroxyl groups excluding tert-OH is 1. The molecule has 0 radical (unpaired) electrons. The lowest BCUT2D eigenvalue weighted by atomic mass is 10.0. The molecule has 0 aliphatic carbocycles. The van der Waals surface area contributed by atoms with Gasteiger partial charge in [0.15, 0.2) is 0 Å².